The van der Waals surface area contributed by atoms with Crippen LogP contribution in [0, 0.1) is 5.92 Å². The quantitative estimate of drug-likeness (QED) is 0.685. The predicted molar refractivity (Wildman–Crippen MR) is 52.2 cm³/mol. The Morgan fingerprint density at radius 1 is 1.42 bits per heavy atom. The first-order valence-corrected chi connectivity index (χ1v) is 4.68. The van der Waals surface area contributed by atoms with E-state index in [4.69, 9.17) is 0 Å². The van der Waals surface area contributed by atoms with Crippen LogP contribution >= 0.6 is 0 Å². The molecule has 0 unspecified atom stereocenters. The number of likely N-dealkylation sites (N-methyl/N-ethyl adjacent to an activating group) is 1. The van der Waals surface area contributed by atoms with E-state index in [0.29, 0.717) is 18.1 Å². The van der Waals surface area contributed by atoms with E-state index in [2.05, 4.69) is 19.2 Å². The third-order valence-electron chi connectivity index (χ3n) is 1.91. The van der Waals surface area contributed by atoms with Crippen molar-refractivity contribution in [2.24, 2.45) is 5.92 Å². The minimum atomic E-state index is -0.348. The van der Waals surface area contributed by atoms with Crippen LogP contribution in [0.4, 0.5) is 0 Å². The van der Waals surface area contributed by atoms with Crippen molar-refractivity contribution in [3.05, 3.63) is 0 Å². The molecule has 2 nitrogen and oxygen atoms in total. The van der Waals surface area contributed by atoms with Gasteiger partial charge < -0.3 is 5.32 Å². The number of hydrogen-bond donors (Lipinski definition) is 1. The van der Waals surface area contributed by atoms with Crippen molar-refractivity contribution >= 4 is 5.78 Å². The summed E-state index contributed by atoms with van der Waals surface area (Å²) in [6.45, 7) is 10.9. The third kappa shape index (κ3) is 3.86. The van der Waals surface area contributed by atoms with E-state index in [-0.39, 0.29) is 5.54 Å². The average molecular weight is 171 g/mol. The Bertz CT molecular complexity index is 150. The lowest BCUT2D eigenvalue weighted by molar-refractivity contribution is -0.124. The van der Waals surface area contributed by atoms with Crippen LogP contribution in [0.3, 0.4) is 0 Å². The summed E-state index contributed by atoms with van der Waals surface area (Å²) in [6, 6.07) is 0. The molecule has 0 saturated heterocycles. The van der Waals surface area contributed by atoms with Gasteiger partial charge >= 0.3 is 0 Å². The van der Waals surface area contributed by atoms with Crippen LogP contribution in [0.25, 0.3) is 0 Å². The monoisotopic (exact) mass is 171 g/mol. The average Bonchev–Trinajstić information content (AvgIpc) is 1.85. The van der Waals surface area contributed by atoms with E-state index in [9.17, 15) is 4.79 Å². The van der Waals surface area contributed by atoms with Gasteiger partial charge in [0, 0.05) is 6.42 Å². The summed E-state index contributed by atoms with van der Waals surface area (Å²) in [6.07, 6.45) is 0.667. The SMILES string of the molecule is CCNC(C)(C)C(=O)CC(C)C. The maximum Gasteiger partial charge on any atom is 0.152 e. The normalized spacial score (nSPS) is 12.2. The highest BCUT2D eigenvalue weighted by Crippen LogP contribution is 2.11. The molecule has 0 atom stereocenters. The molecule has 0 fully saturated rings. The van der Waals surface area contributed by atoms with Crippen molar-refractivity contribution in [3.63, 3.8) is 0 Å². The van der Waals surface area contributed by atoms with Gasteiger partial charge in [0.05, 0.1) is 5.54 Å². The molecule has 0 aliphatic heterocycles. The highest BCUT2D eigenvalue weighted by atomic mass is 16.1. The van der Waals surface area contributed by atoms with Gasteiger partial charge in [0.25, 0.3) is 0 Å². The molecule has 2 heteroatoms. The lowest BCUT2D eigenvalue weighted by Crippen LogP contribution is -2.46. The third-order valence-corrected chi connectivity index (χ3v) is 1.91. The van der Waals surface area contributed by atoms with Crippen molar-refractivity contribution in [1.29, 1.82) is 0 Å². The second-order valence-electron chi connectivity index (χ2n) is 4.18. The van der Waals surface area contributed by atoms with E-state index in [1.807, 2.05) is 20.8 Å². The smallest absolute Gasteiger partial charge is 0.152 e. The first-order chi connectivity index (χ1) is 5.40. The molecule has 0 spiro atoms. The summed E-state index contributed by atoms with van der Waals surface area (Å²) in [5.41, 5.74) is -0.348. The predicted octanol–water partition coefficient (Wildman–Crippen LogP) is 1.99. The summed E-state index contributed by atoms with van der Waals surface area (Å²) in [7, 11) is 0. The molecule has 1 N–H and O–H groups in total. The molecular formula is C10H21NO. The Kier molecular flexibility index (Phi) is 4.46. The zero-order valence-corrected chi connectivity index (χ0v) is 8.90. The number of carbonyl (C=O) groups is 1. The lowest BCUT2D eigenvalue weighted by Gasteiger charge is -2.24. The minimum absolute atomic E-state index is 0.305. The van der Waals surface area contributed by atoms with Crippen molar-refractivity contribution in [3.8, 4) is 0 Å². The van der Waals surface area contributed by atoms with E-state index in [0.717, 1.165) is 6.54 Å². The maximum atomic E-state index is 11.6. The number of Topliss-reactive ketones (excluding diaryl/α,β-unsaturated/α-hetero) is 1. The van der Waals surface area contributed by atoms with E-state index in [1.165, 1.54) is 0 Å². The fourth-order valence-corrected chi connectivity index (χ4v) is 1.17. The number of rotatable bonds is 5. The second-order valence-corrected chi connectivity index (χ2v) is 4.18. The first kappa shape index (κ1) is 11.6. The molecule has 0 radical (unpaired) electrons. The topological polar surface area (TPSA) is 29.1 Å². The van der Waals surface area contributed by atoms with Crippen molar-refractivity contribution in [2.45, 2.75) is 46.6 Å². The summed E-state index contributed by atoms with van der Waals surface area (Å²) in [5, 5.41) is 3.18. The highest BCUT2D eigenvalue weighted by molar-refractivity contribution is 5.87. The Balaban J connectivity index is 4.06. The Hall–Kier alpha value is -0.370. The zero-order chi connectivity index (χ0) is 9.78. The number of ketones is 1. The Morgan fingerprint density at radius 2 is 1.92 bits per heavy atom. The van der Waals surface area contributed by atoms with Gasteiger partial charge in [0.15, 0.2) is 5.78 Å². The van der Waals surface area contributed by atoms with E-state index >= 15 is 0 Å². The summed E-state index contributed by atoms with van der Waals surface area (Å²) in [5.74, 6) is 0.759. The molecule has 0 saturated carbocycles. The summed E-state index contributed by atoms with van der Waals surface area (Å²) < 4.78 is 0. The fourth-order valence-electron chi connectivity index (χ4n) is 1.17. The molecule has 0 aliphatic rings. The summed E-state index contributed by atoms with van der Waals surface area (Å²) >= 11 is 0. The Labute approximate surface area is 75.7 Å². The first-order valence-electron chi connectivity index (χ1n) is 4.68. The van der Waals surface area contributed by atoms with Gasteiger partial charge in [-0.25, -0.2) is 0 Å². The maximum absolute atomic E-state index is 11.6. The minimum Gasteiger partial charge on any atom is -0.306 e. The molecule has 0 amide bonds. The number of nitrogens with one attached hydrogen (secondary N) is 1. The van der Waals surface area contributed by atoms with E-state index < -0.39 is 0 Å². The van der Waals surface area contributed by atoms with Gasteiger partial charge in [0.1, 0.15) is 0 Å². The van der Waals surface area contributed by atoms with Crippen molar-refractivity contribution in [2.75, 3.05) is 6.54 Å². The van der Waals surface area contributed by atoms with Gasteiger partial charge in [-0.3, -0.25) is 4.79 Å². The van der Waals surface area contributed by atoms with Crippen LogP contribution in [0.15, 0.2) is 0 Å². The van der Waals surface area contributed by atoms with Gasteiger partial charge in [-0.1, -0.05) is 20.8 Å². The van der Waals surface area contributed by atoms with Crippen LogP contribution in [-0.2, 0) is 4.79 Å². The van der Waals surface area contributed by atoms with Gasteiger partial charge in [-0.05, 0) is 26.3 Å². The standard InChI is InChI=1S/C10H21NO/c1-6-11-10(4,5)9(12)7-8(2)3/h8,11H,6-7H2,1-5H3. The van der Waals surface area contributed by atoms with Crippen molar-refractivity contribution < 1.29 is 4.79 Å². The second kappa shape index (κ2) is 4.61. The molecular weight excluding hydrogens is 150 g/mol. The Morgan fingerprint density at radius 3 is 2.25 bits per heavy atom. The molecule has 0 rings (SSSR count). The van der Waals surface area contributed by atoms with Crippen molar-refractivity contribution in [1.82, 2.24) is 5.32 Å². The van der Waals surface area contributed by atoms with Gasteiger partial charge in [-0.2, -0.15) is 0 Å². The molecule has 0 aromatic heterocycles. The van der Waals surface area contributed by atoms with Crippen LogP contribution in [-0.4, -0.2) is 17.9 Å². The number of carbonyl (C=O) groups excluding carboxylic acids is 1. The molecule has 0 aromatic rings. The largest absolute Gasteiger partial charge is 0.306 e. The molecule has 0 heterocycles. The van der Waals surface area contributed by atoms with E-state index in [1.54, 1.807) is 0 Å². The lowest BCUT2D eigenvalue weighted by atomic mass is 9.92. The van der Waals surface area contributed by atoms with Crippen LogP contribution in [0.1, 0.15) is 41.0 Å². The summed E-state index contributed by atoms with van der Waals surface area (Å²) in [4.78, 5) is 11.6. The van der Waals surface area contributed by atoms with Crippen LogP contribution in [0.5, 0.6) is 0 Å². The molecule has 12 heavy (non-hydrogen) atoms. The zero-order valence-electron chi connectivity index (χ0n) is 8.90. The molecule has 72 valence electrons. The van der Waals surface area contributed by atoms with Gasteiger partial charge in [0.2, 0.25) is 0 Å². The number of hydrogen-bond acceptors (Lipinski definition) is 2. The molecule has 0 bridgehead atoms. The molecule has 0 aliphatic carbocycles. The van der Waals surface area contributed by atoms with Gasteiger partial charge in [-0.15, -0.1) is 0 Å². The van der Waals surface area contributed by atoms with Crippen LogP contribution < -0.4 is 5.32 Å². The highest BCUT2D eigenvalue weighted by Gasteiger charge is 2.25. The molecule has 0 aromatic carbocycles. The van der Waals surface area contributed by atoms with Crippen LogP contribution in [0.2, 0.25) is 0 Å². The fraction of sp³-hybridized carbons (Fsp3) is 0.900.